The van der Waals surface area contributed by atoms with Crippen molar-refractivity contribution >= 4 is 11.8 Å². The topological polar surface area (TPSA) is 72.8 Å². The number of carboxylic acid groups (broad SMARTS) is 1. The van der Waals surface area contributed by atoms with Gasteiger partial charge in [0, 0.05) is 5.56 Å². The first-order valence-electron chi connectivity index (χ1n) is 9.05. The highest BCUT2D eigenvalue weighted by molar-refractivity contribution is 6.07. The van der Waals surface area contributed by atoms with Gasteiger partial charge in [-0.05, 0) is 69.5 Å². The van der Waals surface area contributed by atoms with E-state index in [1.807, 2.05) is 13.8 Å². The minimum atomic E-state index is -1.04. The van der Waals surface area contributed by atoms with Crippen LogP contribution in [0, 0.1) is 19.7 Å². The Labute approximate surface area is 163 Å². The third-order valence-electron chi connectivity index (χ3n) is 5.28. The molecule has 1 aliphatic heterocycles. The molecule has 0 fully saturated rings. The number of aliphatic carboxylic acids is 1. The number of benzene rings is 2. The quantitative estimate of drug-likeness (QED) is 0.815. The average molecular weight is 386 g/mol. The second-order valence-corrected chi connectivity index (χ2v) is 7.63. The van der Waals surface area contributed by atoms with Gasteiger partial charge in [0.05, 0.1) is 11.5 Å². The number of ether oxygens (including phenoxy) is 2. The van der Waals surface area contributed by atoms with Crippen molar-refractivity contribution in [3.63, 3.8) is 0 Å². The molecule has 6 heteroatoms. The summed E-state index contributed by atoms with van der Waals surface area (Å²) in [5.74, 6) is -1.38. The van der Waals surface area contributed by atoms with Crippen LogP contribution in [-0.2, 0) is 11.4 Å². The van der Waals surface area contributed by atoms with Gasteiger partial charge in [0.1, 0.15) is 23.9 Å². The largest absolute Gasteiger partial charge is 0.488 e. The van der Waals surface area contributed by atoms with Crippen molar-refractivity contribution < 1.29 is 28.6 Å². The van der Waals surface area contributed by atoms with Crippen LogP contribution in [0.15, 0.2) is 24.3 Å². The van der Waals surface area contributed by atoms with Gasteiger partial charge in [0.2, 0.25) is 5.78 Å². The molecule has 28 heavy (non-hydrogen) atoms. The van der Waals surface area contributed by atoms with Crippen LogP contribution in [0.3, 0.4) is 0 Å². The first-order chi connectivity index (χ1) is 13.0. The third kappa shape index (κ3) is 3.35. The number of hydrogen-bond donors (Lipinski definition) is 1. The highest BCUT2D eigenvalue weighted by Gasteiger charge is 2.41. The highest BCUT2D eigenvalue weighted by Crippen LogP contribution is 2.39. The summed E-state index contributed by atoms with van der Waals surface area (Å²) in [6.07, 6.45) is 0. The van der Waals surface area contributed by atoms with Crippen molar-refractivity contribution in [2.75, 3.05) is 0 Å². The summed E-state index contributed by atoms with van der Waals surface area (Å²) in [5.41, 5.74) is 2.02. The summed E-state index contributed by atoms with van der Waals surface area (Å²) < 4.78 is 25.6. The van der Waals surface area contributed by atoms with E-state index in [9.17, 15) is 19.1 Å². The van der Waals surface area contributed by atoms with Crippen LogP contribution in [-0.4, -0.2) is 22.5 Å². The zero-order valence-electron chi connectivity index (χ0n) is 16.6. The molecule has 1 heterocycles. The van der Waals surface area contributed by atoms with E-state index in [1.54, 1.807) is 32.9 Å². The molecule has 3 rings (SSSR count). The van der Waals surface area contributed by atoms with Crippen LogP contribution in [0.5, 0.6) is 11.5 Å². The average Bonchev–Trinajstić information content (AvgIpc) is 2.85. The number of hydrogen-bond acceptors (Lipinski definition) is 4. The molecule has 5 nitrogen and oxygen atoms in total. The fraction of sp³-hybridized carbons (Fsp3) is 0.364. The predicted molar refractivity (Wildman–Crippen MR) is 102 cm³/mol. The molecule has 148 valence electrons. The molecular formula is C22H23FO5. The van der Waals surface area contributed by atoms with E-state index >= 15 is 0 Å². The zero-order valence-corrected chi connectivity index (χ0v) is 16.6. The Morgan fingerprint density at radius 3 is 2.57 bits per heavy atom. The molecule has 0 saturated carbocycles. The van der Waals surface area contributed by atoms with Crippen LogP contribution >= 0.6 is 0 Å². The molecule has 0 bridgehead atoms. The molecule has 0 saturated heterocycles. The Bertz CT molecular complexity index is 977. The number of ketones is 1. The van der Waals surface area contributed by atoms with Gasteiger partial charge in [-0.3, -0.25) is 9.59 Å². The molecule has 2 aromatic carbocycles. The lowest BCUT2D eigenvalue weighted by atomic mass is 9.93. The lowest BCUT2D eigenvalue weighted by molar-refractivity contribution is -0.138. The highest BCUT2D eigenvalue weighted by atomic mass is 19.1. The standard InChI is InChI=1S/C22H23FO5/c1-11-12(2)18(7-6-16(11)13(3)21(25)26)27-10-14-8-15(23)9-17-19(14)28-22(4,5)20(17)24/h6-9,13H,10H2,1-5H3,(H,25,26). The summed E-state index contributed by atoms with van der Waals surface area (Å²) in [6.45, 7) is 8.65. The number of fused-ring (bicyclic) bond motifs is 1. The molecular weight excluding hydrogens is 363 g/mol. The maximum atomic E-state index is 14.0. The van der Waals surface area contributed by atoms with Gasteiger partial charge < -0.3 is 14.6 Å². The van der Waals surface area contributed by atoms with Gasteiger partial charge in [-0.25, -0.2) is 4.39 Å². The normalized spacial score (nSPS) is 15.7. The van der Waals surface area contributed by atoms with E-state index in [-0.39, 0.29) is 18.0 Å². The summed E-state index contributed by atoms with van der Waals surface area (Å²) >= 11 is 0. The van der Waals surface area contributed by atoms with Crippen LogP contribution < -0.4 is 9.47 Å². The van der Waals surface area contributed by atoms with Gasteiger partial charge in [-0.1, -0.05) is 6.07 Å². The smallest absolute Gasteiger partial charge is 0.310 e. The van der Waals surface area contributed by atoms with Crippen LogP contribution in [0.1, 0.15) is 59.3 Å². The fourth-order valence-electron chi connectivity index (χ4n) is 3.40. The van der Waals surface area contributed by atoms with Crippen molar-refractivity contribution in [2.24, 2.45) is 0 Å². The van der Waals surface area contributed by atoms with Crippen LogP contribution in [0.4, 0.5) is 4.39 Å². The minimum absolute atomic E-state index is 0.0254. The van der Waals surface area contributed by atoms with Crippen molar-refractivity contribution in [3.8, 4) is 11.5 Å². The molecule has 0 aliphatic carbocycles. The molecule has 1 N–H and O–H groups in total. The Hall–Kier alpha value is -2.89. The van der Waals surface area contributed by atoms with E-state index in [0.29, 0.717) is 17.1 Å². The summed E-state index contributed by atoms with van der Waals surface area (Å²) in [6, 6.07) is 5.94. The van der Waals surface area contributed by atoms with E-state index in [0.717, 1.165) is 16.7 Å². The van der Waals surface area contributed by atoms with E-state index in [4.69, 9.17) is 9.47 Å². The monoisotopic (exact) mass is 386 g/mol. The van der Waals surface area contributed by atoms with Gasteiger partial charge in [0.25, 0.3) is 0 Å². The van der Waals surface area contributed by atoms with Crippen LogP contribution in [0.25, 0.3) is 0 Å². The van der Waals surface area contributed by atoms with Gasteiger partial charge in [0.15, 0.2) is 5.60 Å². The van der Waals surface area contributed by atoms with Gasteiger partial charge in [-0.2, -0.15) is 0 Å². The molecule has 0 spiro atoms. The molecule has 0 aromatic heterocycles. The number of carbonyl (C=O) groups excluding carboxylic acids is 1. The predicted octanol–water partition coefficient (Wildman–Crippen LogP) is 4.56. The lowest BCUT2D eigenvalue weighted by Gasteiger charge is -2.18. The SMILES string of the molecule is Cc1c(OCc2cc(F)cc3c2OC(C)(C)C3=O)ccc(C(C)C(=O)O)c1C. The Morgan fingerprint density at radius 2 is 1.93 bits per heavy atom. The van der Waals surface area contributed by atoms with E-state index in [1.165, 1.54) is 12.1 Å². The molecule has 1 aliphatic rings. The number of halogens is 1. The first kappa shape index (κ1) is 19.9. The van der Waals surface area contributed by atoms with Crippen molar-refractivity contribution in [1.29, 1.82) is 0 Å². The second kappa shape index (κ2) is 6.93. The number of Topliss-reactive ketones (excluding diaryl/α,β-unsaturated/α-hetero) is 1. The molecule has 0 amide bonds. The van der Waals surface area contributed by atoms with Gasteiger partial charge >= 0.3 is 5.97 Å². The van der Waals surface area contributed by atoms with Crippen molar-refractivity contribution in [2.45, 2.75) is 52.7 Å². The maximum absolute atomic E-state index is 14.0. The zero-order chi connectivity index (χ0) is 20.8. The second-order valence-electron chi connectivity index (χ2n) is 7.63. The van der Waals surface area contributed by atoms with Crippen LogP contribution in [0.2, 0.25) is 0 Å². The number of carboxylic acids is 1. The summed E-state index contributed by atoms with van der Waals surface area (Å²) in [5, 5.41) is 9.24. The molecule has 2 aromatic rings. The first-order valence-corrected chi connectivity index (χ1v) is 9.05. The maximum Gasteiger partial charge on any atom is 0.310 e. The summed E-state index contributed by atoms with van der Waals surface area (Å²) in [4.78, 5) is 23.6. The Morgan fingerprint density at radius 1 is 1.25 bits per heavy atom. The van der Waals surface area contributed by atoms with Gasteiger partial charge in [-0.15, -0.1) is 0 Å². The third-order valence-corrected chi connectivity index (χ3v) is 5.28. The summed E-state index contributed by atoms with van der Waals surface area (Å²) in [7, 11) is 0. The minimum Gasteiger partial charge on any atom is -0.488 e. The lowest BCUT2D eigenvalue weighted by Crippen LogP contribution is -2.32. The Balaban J connectivity index is 1.89. The Kier molecular flexibility index (Phi) is 4.91. The van der Waals surface area contributed by atoms with E-state index in [2.05, 4.69) is 0 Å². The molecule has 0 radical (unpaired) electrons. The molecule has 1 atom stereocenters. The fourth-order valence-corrected chi connectivity index (χ4v) is 3.40. The number of carbonyl (C=O) groups is 2. The van der Waals surface area contributed by atoms with Crippen molar-refractivity contribution in [3.05, 3.63) is 57.9 Å². The number of rotatable bonds is 5. The van der Waals surface area contributed by atoms with Crippen molar-refractivity contribution in [1.82, 2.24) is 0 Å². The molecule has 1 unspecified atom stereocenters. The van der Waals surface area contributed by atoms with E-state index < -0.39 is 23.3 Å².